The van der Waals surface area contributed by atoms with E-state index in [-0.39, 0.29) is 6.10 Å². The number of hydrogen-bond acceptors (Lipinski definition) is 4. The van der Waals surface area contributed by atoms with Gasteiger partial charge in [-0.05, 0) is 0 Å². The van der Waals surface area contributed by atoms with E-state index in [9.17, 15) is 0 Å². The second-order valence-electron chi connectivity index (χ2n) is 4.41. The third-order valence-corrected chi connectivity index (χ3v) is 3.95. The maximum atomic E-state index is 5.70. The van der Waals surface area contributed by atoms with E-state index >= 15 is 0 Å². The fourth-order valence-electron chi connectivity index (χ4n) is 2.10. The van der Waals surface area contributed by atoms with Crippen molar-refractivity contribution in [3.8, 4) is 10.6 Å². The second-order valence-corrected chi connectivity index (χ2v) is 5.27. The number of benzene rings is 1. The van der Waals surface area contributed by atoms with Crippen molar-refractivity contribution < 1.29 is 4.74 Å². The predicted molar refractivity (Wildman–Crippen MR) is 73.9 cm³/mol. The fourth-order valence-corrected chi connectivity index (χ4v) is 2.94. The minimum absolute atomic E-state index is 0.268. The van der Waals surface area contributed by atoms with Crippen molar-refractivity contribution in [3.63, 3.8) is 0 Å². The van der Waals surface area contributed by atoms with Crippen molar-refractivity contribution in [1.29, 1.82) is 0 Å². The van der Waals surface area contributed by atoms with Crippen LogP contribution in [-0.2, 0) is 11.2 Å². The average molecular weight is 260 g/mol. The van der Waals surface area contributed by atoms with Crippen molar-refractivity contribution in [2.75, 3.05) is 19.7 Å². The van der Waals surface area contributed by atoms with Gasteiger partial charge in [0.25, 0.3) is 0 Å². The highest BCUT2D eigenvalue weighted by Gasteiger charge is 2.15. The molecule has 1 saturated heterocycles. The highest BCUT2D eigenvalue weighted by molar-refractivity contribution is 7.13. The number of rotatable bonds is 3. The summed E-state index contributed by atoms with van der Waals surface area (Å²) in [4.78, 5) is 4.69. The Kier molecular flexibility index (Phi) is 3.69. The van der Waals surface area contributed by atoms with Gasteiger partial charge >= 0.3 is 0 Å². The molecule has 3 nitrogen and oxygen atoms in total. The standard InChI is InChI=1S/C14H16N2OS/c1-2-4-11(5-3-1)14-16-12(10-18-14)8-13-9-15-6-7-17-13/h1-5,10,13,15H,6-9H2. The van der Waals surface area contributed by atoms with Crippen LogP contribution in [0.3, 0.4) is 0 Å². The van der Waals surface area contributed by atoms with Crippen LogP contribution in [0.25, 0.3) is 10.6 Å². The zero-order chi connectivity index (χ0) is 12.2. The van der Waals surface area contributed by atoms with E-state index in [0.29, 0.717) is 0 Å². The first-order chi connectivity index (χ1) is 8.92. The maximum Gasteiger partial charge on any atom is 0.123 e. The van der Waals surface area contributed by atoms with Gasteiger partial charge in [-0.2, -0.15) is 0 Å². The first kappa shape index (κ1) is 11.8. The molecule has 1 fully saturated rings. The summed E-state index contributed by atoms with van der Waals surface area (Å²) < 4.78 is 5.70. The van der Waals surface area contributed by atoms with Gasteiger partial charge < -0.3 is 10.1 Å². The van der Waals surface area contributed by atoms with Gasteiger partial charge in [0.05, 0.1) is 18.4 Å². The van der Waals surface area contributed by atoms with Gasteiger partial charge in [0, 0.05) is 30.5 Å². The fraction of sp³-hybridized carbons (Fsp3) is 0.357. The van der Waals surface area contributed by atoms with E-state index in [0.717, 1.165) is 36.8 Å². The van der Waals surface area contributed by atoms with Crippen LogP contribution in [0.5, 0.6) is 0 Å². The minimum Gasteiger partial charge on any atom is -0.375 e. The van der Waals surface area contributed by atoms with Crippen LogP contribution < -0.4 is 5.32 Å². The van der Waals surface area contributed by atoms with Crippen molar-refractivity contribution in [2.45, 2.75) is 12.5 Å². The van der Waals surface area contributed by atoms with Gasteiger partial charge in [-0.3, -0.25) is 0 Å². The largest absolute Gasteiger partial charge is 0.375 e. The molecule has 0 radical (unpaired) electrons. The number of nitrogens with zero attached hydrogens (tertiary/aromatic N) is 1. The lowest BCUT2D eigenvalue weighted by Gasteiger charge is -2.22. The number of aromatic nitrogens is 1. The lowest BCUT2D eigenvalue weighted by atomic mass is 10.2. The van der Waals surface area contributed by atoms with Gasteiger partial charge in [0.2, 0.25) is 0 Å². The van der Waals surface area contributed by atoms with Gasteiger partial charge in [-0.25, -0.2) is 4.98 Å². The predicted octanol–water partition coefficient (Wildman–Crippen LogP) is 2.34. The number of hydrogen-bond donors (Lipinski definition) is 1. The Bertz CT molecular complexity index is 492. The molecule has 1 aromatic carbocycles. The summed E-state index contributed by atoms with van der Waals surface area (Å²) in [5.74, 6) is 0. The van der Waals surface area contributed by atoms with Crippen molar-refractivity contribution in [2.24, 2.45) is 0 Å². The number of morpholine rings is 1. The molecule has 4 heteroatoms. The molecule has 1 aliphatic heterocycles. The minimum atomic E-state index is 0.268. The molecule has 1 aliphatic rings. The smallest absolute Gasteiger partial charge is 0.123 e. The summed E-state index contributed by atoms with van der Waals surface area (Å²) in [6.45, 7) is 2.70. The third-order valence-electron chi connectivity index (χ3n) is 3.01. The van der Waals surface area contributed by atoms with Crippen LogP contribution in [0, 0.1) is 0 Å². The van der Waals surface area contributed by atoms with Crippen LogP contribution in [0.1, 0.15) is 5.69 Å². The van der Waals surface area contributed by atoms with E-state index in [1.807, 2.05) is 18.2 Å². The molecule has 3 rings (SSSR count). The van der Waals surface area contributed by atoms with Crippen LogP contribution in [0.2, 0.25) is 0 Å². The molecule has 1 atom stereocenters. The topological polar surface area (TPSA) is 34.2 Å². The molecule has 0 saturated carbocycles. The SMILES string of the molecule is c1ccc(-c2nc(CC3CNCCO3)cs2)cc1. The summed E-state index contributed by atoms with van der Waals surface area (Å²) in [6, 6.07) is 10.3. The summed E-state index contributed by atoms with van der Waals surface area (Å²) in [5, 5.41) is 6.58. The summed E-state index contributed by atoms with van der Waals surface area (Å²) in [5.41, 5.74) is 2.32. The Morgan fingerprint density at radius 2 is 2.22 bits per heavy atom. The van der Waals surface area contributed by atoms with E-state index in [1.165, 1.54) is 5.56 Å². The Labute approximate surface area is 111 Å². The normalized spacial score (nSPS) is 19.9. The highest BCUT2D eigenvalue weighted by atomic mass is 32.1. The van der Waals surface area contributed by atoms with Crippen molar-refractivity contribution >= 4 is 11.3 Å². The number of nitrogens with one attached hydrogen (secondary N) is 1. The zero-order valence-electron chi connectivity index (χ0n) is 10.1. The van der Waals surface area contributed by atoms with Crippen LogP contribution >= 0.6 is 11.3 Å². The Balaban J connectivity index is 1.69. The van der Waals surface area contributed by atoms with E-state index in [2.05, 4.69) is 27.8 Å². The summed E-state index contributed by atoms with van der Waals surface area (Å²) >= 11 is 1.70. The Morgan fingerprint density at radius 1 is 1.33 bits per heavy atom. The van der Waals surface area contributed by atoms with E-state index in [4.69, 9.17) is 4.74 Å². The summed E-state index contributed by atoms with van der Waals surface area (Å²) in [7, 11) is 0. The maximum absolute atomic E-state index is 5.70. The number of ether oxygens (including phenoxy) is 1. The molecular weight excluding hydrogens is 244 g/mol. The Morgan fingerprint density at radius 3 is 3.00 bits per heavy atom. The second kappa shape index (κ2) is 5.61. The molecule has 2 heterocycles. The monoisotopic (exact) mass is 260 g/mol. The Hall–Kier alpha value is -1.23. The molecule has 1 unspecified atom stereocenters. The molecular formula is C14H16N2OS. The molecule has 0 aliphatic carbocycles. The van der Waals surface area contributed by atoms with Gasteiger partial charge in [-0.1, -0.05) is 30.3 Å². The van der Waals surface area contributed by atoms with E-state index < -0.39 is 0 Å². The average Bonchev–Trinajstić information content (AvgIpc) is 2.89. The molecule has 1 aromatic heterocycles. The first-order valence-electron chi connectivity index (χ1n) is 6.24. The van der Waals surface area contributed by atoms with Crippen LogP contribution in [-0.4, -0.2) is 30.8 Å². The molecule has 0 amide bonds. The van der Waals surface area contributed by atoms with Gasteiger partial charge in [0.1, 0.15) is 5.01 Å². The quantitative estimate of drug-likeness (QED) is 0.920. The molecule has 0 bridgehead atoms. The lowest BCUT2D eigenvalue weighted by molar-refractivity contribution is 0.0287. The number of thiazole rings is 1. The molecule has 0 spiro atoms. The van der Waals surface area contributed by atoms with Gasteiger partial charge in [-0.15, -0.1) is 11.3 Å². The highest BCUT2D eigenvalue weighted by Crippen LogP contribution is 2.24. The third kappa shape index (κ3) is 2.77. The van der Waals surface area contributed by atoms with Crippen LogP contribution in [0.4, 0.5) is 0 Å². The van der Waals surface area contributed by atoms with Crippen LogP contribution in [0.15, 0.2) is 35.7 Å². The first-order valence-corrected chi connectivity index (χ1v) is 7.12. The summed E-state index contributed by atoms with van der Waals surface area (Å²) in [6.07, 6.45) is 1.17. The molecule has 94 valence electrons. The van der Waals surface area contributed by atoms with Crippen molar-refractivity contribution in [3.05, 3.63) is 41.4 Å². The lowest BCUT2D eigenvalue weighted by Crippen LogP contribution is -2.39. The molecule has 18 heavy (non-hydrogen) atoms. The molecule has 2 aromatic rings. The van der Waals surface area contributed by atoms with E-state index in [1.54, 1.807) is 11.3 Å². The van der Waals surface area contributed by atoms with Crippen molar-refractivity contribution in [1.82, 2.24) is 10.3 Å². The van der Waals surface area contributed by atoms with Gasteiger partial charge in [0.15, 0.2) is 0 Å². The molecule has 1 N–H and O–H groups in total. The zero-order valence-corrected chi connectivity index (χ0v) is 11.0.